The maximum Gasteiger partial charge on any atom is 0.326 e. The van der Waals surface area contributed by atoms with Gasteiger partial charge in [0.1, 0.15) is 11.0 Å². The molecule has 4 heterocycles. The van der Waals surface area contributed by atoms with Crippen LogP contribution in [0.25, 0.3) is 11.0 Å². The number of hydrogen-bond donors (Lipinski definition) is 1. The number of amides is 2. The van der Waals surface area contributed by atoms with E-state index in [9.17, 15) is 14.4 Å². The molecule has 6 rings (SSSR count). The van der Waals surface area contributed by atoms with Crippen molar-refractivity contribution in [3.63, 3.8) is 0 Å². The van der Waals surface area contributed by atoms with E-state index < -0.39 is 0 Å². The zero-order valence-corrected chi connectivity index (χ0v) is 25.8. The van der Waals surface area contributed by atoms with Crippen molar-refractivity contribution < 1.29 is 9.59 Å². The lowest BCUT2D eigenvalue weighted by atomic mass is 10.0. The van der Waals surface area contributed by atoms with Gasteiger partial charge in [-0.15, -0.1) is 0 Å². The number of nitrogens with one attached hydrogen (secondary N) is 1. The van der Waals surface area contributed by atoms with Gasteiger partial charge in [0.2, 0.25) is 5.91 Å². The van der Waals surface area contributed by atoms with Crippen molar-refractivity contribution in [2.75, 3.05) is 43.4 Å². The molecule has 1 N–H and O–H groups in total. The lowest BCUT2D eigenvalue weighted by molar-refractivity contribution is -0.129. The van der Waals surface area contributed by atoms with Gasteiger partial charge in [-0.2, -0.15) is 0 Å². The predicted molar refractivity (Wildman–Crippen MR) is 169 cm³/mol. The van der Waals surface area contributed by atoms with Gasteiger partial charge in [-0.1, -0.05) is 53.2 Å². The first-order chi connectivity index (χ1) is 20.8. The van der Waals surface area contributed by atoms with Gasteiger partial charge in [0, 0.05) is 56.4 Å². The van der Waals surface area contributed by atoms with Gasteiger partial charge in [0.05, 0.1) is 16.8 Å². The van der Waals surface area contributed by atoms with Gasteiger partial charge in [0.15, 0.2) is 5.16 Å². The molecule has 0 bridgehead atoms. The summed E-state index contributed by atoms with van der Waals surface area (Å²) in [5.41, 5.74) is 3.43. The fourth-order valence-corrected chi connectivity index (χ4v) is 6.95. The van der Waals surface area contributed by atoms with Gasteiger partial charge < -0.3 is 19.7 Å². The molecule has 0 saturated carbocycles. The number of carbonyl (C=O) groups excluding carboxylic acids is 2. The van der Waals surface area contributed by atoms with Crippen molar-refractivity contribution in [2.45, 2.75) is 43.9 Å². The molecule has 1 unspecified atom stereocenters. The number of fused-ring (bicyclic) bond motifs is 1. The SMILES string of the molecule is Cc1ccc(C(=O)N2CCN(c3cc(Cl)nc(SCC(=O)N4CCC(n5c(=O)[nH]c6ccccc65)CC4)n3)CC2C)cc1. The summed E-state index contributed by atoms with van der Waals surface area (Å²) in [6, 6.07) is 17.1. The minimum atomic E-state index is -0.107. The van der Waals surface area contributed by atoms with Crippen LogP contribution in [0.4, 0.5) is 5.82 Å². The molecule has 1 atom stereocenters. The molecule has 12 heteroatoms. The Morgan fingerprint density at radius 1 is 1.02 bits per heavy atom. The van der Waals surface area contributed by atoms with Gasteiger partial charge in [0.25, 0.3) is 5.91 Å². The average Bonchev–Trinajstić information content (AvgIpc) is 3.35. The summed E-state index contributed by atoms with van der Waals surface area (Å²) in [7, 11) is 0. The van der Waals surface area contributed by atoms with E-state index in [1.165, 1.54) is 11.8 Å². The number of carbonyl (C=O) groups is 2. The molecule has 4 aromatic rings. The maximum absolute atomic E-state index is 13.1. The van der Waals surface area contributed by atoms with Gasteiger partial charge in [-0.25, -0.2) is 14.8 Å². The number of imidazole rings is 1. The summed E-state index contributed by atoms with van der Waals surface area (Å²) in [6.07, 6.45) is 1.43. The lowest BCUT2D eigenvalue weighted by Gasteiger charge is -2.40. The Bertz CT molecular complexity index is 1700. The minimum Gasteiger partial charge on any atom is -0.353 e. The minimum absolute atomic E-state index is 0.0108. The van der Waals surface area contributed by atoms with Crippen molar-refractivity contribution in [3.8, 4) is 0 Å². The average molecular weight is 620 g/mol. The third kappa shape index (κ3) is 6.28. The number of benzene rings is 2. The van der Waals surface area contributed by atoms with Crippen molar-refractivity contribution in [1.29, 1.82) is 0 Å². The Labute approximate surface area is 259 Å². The van der Waals surface area contributed by atoms with E-state index >= 15 is 0 Å². The number of aromatic nitrogens is 4. The number of nitrogens with zero attached hydrogens (tertiary/aromatic N) is 6. The summed E-state index contributed by atoms with van der Waals surface area (Å²) < 4.78 is 1.83. The first-order valence-electron chi connectivity index (χ1n) is 14.5. The number of likely N-dealkylation sites (tertiary alicyclic amines) is 1. The summed E-state index contributed by atoms with van der Waals surface area (Å²) in [5.74, 6) is 0.929. The molecular formula is C31H34ClN7O3S. The molecule has 224 valence electrons. The first kappa shape index (κ1) is 29.3. The summed E-state index contributed by atoms with van der Waals surface area (Å²) >= 11 is 7.65. The molecule has 10 nitrogen and oxygen atoms in total. The molecule has 2 aromatic carbocycles. The van der Waals surface area contributed by atoms with Crippen LogP contribution in [0.2, 0.25) is 5.15 Å². The van der Waals surface area contributed by atoms with Crippen LogP contribution < -0.4 is 10.6 Å². The van der Waals surface area contributed by atoms with Crippen LogP contribution in [-0.2, 0) is 4.79 Å². The third-order valence-corrected chi connectivity index (χ3v) is 9.33. The fraction of sp³-hybridized carbons (Fsp3) is 0.387. The molecule has 2 aliphatic rings. The second-order valence-electron chi connectivity index (χ2n) is 11.2. The highest BCUT2D eigenvalue weighted by atomic mass is 35.5. The Balaban J connectivity index is 1.04. The Morgan fingerprint density at radius 2 is 1.77 bits per heavy atom. The summed E-state index contributed by atoms with van der Waals surface area (Å²) in [6.45, 7) is 7.01. The van der Waals surface area contributed by atoms with E-state index in [0.717, 1.165) is 16.6 Å². The van der Waals surface area contributed by atoms with Crippen LogP contribution in [0.15, 0.2) is 64.5 Å². The molecule has 0 spiro atoms. The predicted octanol–water partition coefficient (Wildman–Crippen LogP) is 4.39. The van der Waals surface area contributed by atoms with Crippen LogP contribution in [0.1, 0.15) is 41.7 Å². The van der Waals surface area contributed by atoms with E-state index in [-0.39, 0.29) is 35.3 Å². The highest BCUT2D eigenvalue weighted by Crippen LogP contribution is 2.27. The van der Waals surface area contributed by atoms with E-state index in [0.29, 0.717) is 67.3 Å². The van der Waals surface area contributed by atoms with Crippen LogP contribution >= 0.6 is 23.4 Å². The number of aryl methyl sites for hydroxylation is 1. The number of piperidine rings is 1. The topological polar surface area (TPSA) is 107 Å². The first-order valence-corrected chi connectivity index (χ1v) is 15.9. The quantitative estimate of drug-likeness (QED) is 0.194. The number of anilines is 1. The van der Waals surface area contributed by atoms with E-state index in [4.69, 9.17) is 16.6 Å². The van der Waals surface area contributed by atoms with E-state index in [2.05, 4.69) is 14.9 Å². The molecule has 2 fully saturated rings. The molecule has 0 aliphatic carbocycles. The second kappa shape index (κ2) is 12.4. The molecule has 2 aliphatic heterocycles. The van der Waals surface area contributed by atoms with Gasteiger partial charge >= 0.3 is 5.69 Å². The van der Waals surface area contributed by atoms with Crippen LogP contribution in [0, 0.1) is 6.92 Å². The lowest BCUT2D eigenvalue weighted by Crippen LogP contribution is -2.54. The van der Waals surface area contributed by atoms with E-state index in [1.54, 1.807) is 6.07 Å². The smallest absolute Gasteiger partial charge is 0.326 e. The van der Waals surface area contributed by atoms with Gasteiger partial charge in [-0.05, 0) is 51.0 Å². The molecule has 43 heavy (non-hydrogen) atoms. The number of para-hydroxylation sites is 2. The Kier molecular flexibility index (Phi) is 8.45. The highest BCUT2D eigenvalue weighted by molar-refractivity contribution is 7.99. The van der Waals surface area contributed by atoms with E-state index in [1.807, 2.05) is 76.7 Å². The second-order valence-corrected chi connectivity index (χ2v) is 12.5. The zero-order valence-electron chi connectivity index (χ0n) is 24.2. The number of H-pyrrole nitrogens is 1. The maximum atomic E-state index is 13.1. The summed E-state index contributed by atoms with van der Waals surface area (Å²) in [5, 5.41) is 0.762. The molecule has 2 saturated heterocycles. The standard InChI is InChI=1S/C31H34ClN7O3S/c1-20-7-9-22(10-8-20)29(41)38-16-15-37(18-21(38)2)27-17-26(32)34-30(35-27)43-19-28(40)36-13-11-23(12-14-36)39-25-6-4-3-5-24(25)33-31(39)42/h3-10,17,21,23H,11-16,18-19H2,1-2H3,(H,33,42). The number of hydrogen-bond acceptors (Lipinski definition) is 7. The van der Waals surface area contributed by atoms with Crippen molar-refractivity contribution in [3.05, 3.63) is 81.4 Å². The number of aromatic amines is 1. The largest absolute Gasteiger partial charge is 0.353 e. The Hall–Kier alpha value is -3.83. The number of halogens is 1. The number of rotatable bonds is 6. The van der Waals surface area contributed by atoms with Crippen molar-refractivity contribution in [1.82, 2.24) is 29.3 Å². The van der Waals surface area contributed by atoms with Crippen LogP contribution in [0.5, 0.6) is 0 Å². The summed E-state index contributed by atoms with van der Waals surface area (Å²) in [4.78, 5) is 56.6. The van der Waals surface area contributed by atoms with Crippen molar-refractivity contribution in [2.24, 2.45) is 0 Å². The fourth-order valence-electron chi connectivity index (χ4n) is 5.97. The number of piperazine rings is 1. The zero-order chi connectivity index (χ0) is 30.1. The Morgan fingerprint density at radius 3 is 2.51 bits per heavy atom. The number of thioether (sulfide) groups is 1. The van der Waals surface area contributed by atoms with Crippen LogP contribution in [-0.4, -0.2) is 85.7 Å². The molecule has 2 amide bonds. The molecular weight excluding hydrogens is 586 g/mol. The third-order valence-electron chi connectivity index (χ3n) is 8.30. The highest BCUT2D eigenvalue weighted by Gasteiger charge is 2.30. The monoisotopic (exact) mass is 619 g/mol. The van der Waals surface area contributed by atoms with Gasteiger partial charge in [-0.3, -0.25) is 14.2 Å². The van der Waals surface area contributed by atoms with Crippen molar-refractivity contribution >= 4 is 52.0 Å². The normalized spacial score (nSPS) is 17.9. The molecule has 0 radical (unpaired) electrons. The molecule has 2 aromatic heterocycles. The van der Waals surface area contributed by atoms with Crippen LogP contribution in [0.3, 0.4) is 0 Å².